The fourth-order valence-corrected chi connectivity index (χ4v) is 1.91. The van der Waals surface area contributed by atoms with Crippen LogP contribution in [-0.2, 0) is 9.53 Å². The fraction of sp³-hybridized carbons (Fsp3) is 0.308. The first-order valence-corrected chi connectivity index (χ1v) is 5.20. The van der Waals surface area contributed by atoms with Crippen LogP contribution in [0.4, 0.5) is 4.39 Å². The summed E-state index contributed by atoms with van der Waals surface area (Å²) in [4.78, 5) is 11.3. The van der Waals surface area contributed by atoms with Gasteiger partial charge in [-0.1, -0.05) is 12.1 Å². The second-order valence-corrected chi connectivity index (χ2v) is 3.95. The second-order valence-electron chi connectivity index (χ2n) is 3.95. The van der Waals surface area contributed by atoms with E-state index in [0.29, 0.717) is 12.2 Å². The number of ether oxygens (including phenoxy) is 1. The molecule has 16 heavy (non-hydrogen) atoms. The Kier molecular flexibility index (Phi) is 2.77. The molecule has 0 radical (unpaired) electrons. The van der Waals surface area contributed by atoms with Gasteiger partial charge in [-0.05, 0) is 31.5 Å². The van der Waals surface area contributed by atoms with E-state index in [1.54, 1.807) is 19.1 Å². The number of carbonyl (C=O) groups is 1. The predicted molar refractivity (Wildman–Crippen MR) is 58.2 cm³/mol. The molecule has 3 heteroatoms. The summed E-state index contributed by atoms with van der Waals surface area (Å²) in [6, 6.07) is 6.19. The largest absolute Gasteiger partial charge is 0.490 e. The number of halogens is 1. The molecule has 0 bridgehead atoms. The maximum absolute atomic E-state index is 12.7. The highest BCUT2D eigenvalue weighted by Gasteiger charge is 2.26. The Morgan fingerprint density at radius 3 is 2.50 bits per heavy atom. The average molecular weight is 220 g/mol. The average Bonchev–Trinajstić information content (AvgIpc) is 2.61. The molecule has 2 nitrogen and oxygen atoms in total. The van der Waals surface area contributed by atoms with Crippen LogP contribution in [0.5, 0.6) is 0 Å². The summed E-state index contributed by atoms with van der Waals surface area (Å²) in [5, 5.41) is 0. The third kappa shape index (κ3) is 1.98. The van der Waals surface area contributed by atoms with Crippen LogP contribution < -0.4 is 0 Å². The first-order chi connectivity index (χ1) is 7.58. The van der Waals surface area contributed by atoms with Crippen LogP contribution in [0, 0.1) is 5.82 Å². The lowest BCUT2D eigenvalue weighted by atomic mass is 10.0. The molecule has 0 spiro atoms. The summed E-state index contributed by atoms with van der Waals surface area (Å²) in [6.45, 7) is 3.33. The summed E-state index contributed by atoms with van der Waals surface area (Å²) in [5.41, 5.74) is 1.63. The maximum Gasteiger partial charge on any atom is 0.159 e. The maximum atomic E-state index is 12.7. The second kappa shape index (κ2) is 4.08. The van der Waals surface area contributed by atoms with E-state index in [-0.39, 0.29) is 17.7 Å². The molecule has 1 aromatic carbocycles. The zero-order chi connectivity index (χ0) is 11.7. The lowest BCUT2D eigenvalue weighted by Gasteiger charge is -2.11. The van der Waals surface area contributed by atoms with Gasteiger partial charge < -0.3 is 4.74 Å². The molecule has 84 valence electrons. The Balaban J connectivity index is 2.17. The van der Waals surface area contributed by atoms with Crippen LogP contribution in [0.1, 0.15) is 31.9 Å². The monoisotopic (exact) mass is 220 g/mol. The summed E-state index contributed by atoms with van der Waals surface area (Å²) in [7, 11) is 0. The van der Waals surface area contributed by atoms with Gasteiger partial charge >= 0.3 is 0 Å². The molecule has 0 aromatic heterocycles. The summed E-state index contributed by atoms with van der Waals surface area (Å²) < 4.78 is 18.3. The number of ketones is 1. The van der Waals surface area contributed by atoms with Crippen LogP contribution in [0.2, 0.25) is 0 Å². The molecule has 1 aliphatic rings. The van der Waals surface area contributed by atoms with Gasteiger partial charge in [0, 0.05) is 12.0 Å². The van der Waals surface area contributed by atoms with Crippen molar-refractivity contribution in [3.63, 3.8) is 0 Å². The summed E-state index contributed by atoms with van der Waals surface area (Å²) in [5.74, 6) is 0.460. The Bertz CT molecular complexity index is 446. The SMILES string of the molecule is CC(=O)C1=C(C)OC(c2ccc(F)cc2)C1. The Morgan fingerprint density at radius 1 is 1.38 bits per heavy atom. The number of rotatable bonds is 2. The molecule has 0 aliphatic carbocycles. The highest BCUT2D eigenvalue weighted by atomic mass is 19.1. The molecule has 0 saturated carbocycles. The van der Waals surface area contributed by atoms with Crippen molar-refractivity contribution in [2.45, 2.75) is 26.4 Å². The van der Waals surface area contributed by atoms with Crippen molar-refractivity contribution >= 4 is 5.78 Å². The number of carbonyl (C=O) groups excluding carboxylic acids is 1. The lowest BCUT2D eigenvalue weighted by Crippen LogP contribution is -1.98. The first-order valence-electron chi connectivity index (χ1n) is 5.20. The van der Waals surface area contributed by atoms with Crippen LogP contribution >= 0.6 is 0 Å². The van der Waals surface area contributed by atoms with Crippen LogP contribution in [0.25, 0.3) is 0 Å². The van der Waals surface area contributed by atoms with E-state index in [9.17, 15) is 9.18 Å². The van der Waals surface area contributed by atoms with Gasteiger partial charge in [-0.15, -0.1) is 0 Å². The minimum absolute atomic E-state index is 0.0436. The van der Waals surface area contributed by atoms with E-state index in [0.717, 1.165) is 11.1 Å². The molecule has 0 amide bonds. The summed E-state index contributed by atoms with van der Waals surface area (Å²) in [6.07, 6.45) is 0.423. The van der Waals surface area contributed by atoms with Crippen LogP contribution in [-0.4, -0.2) is 5.78 Å². The fourth-order valence-electron chi connectivity index (χ4n) is 1.91. The van der Waals surface area contributed by atoms with Crippen molar-refractivity contribution in [2.75, 3.05) is 0 Å². The van der Waals surface area contributed by atoms with Gasteiger partial charge in [0.1, 0.15) is 17.7 Å². The highest BCUT2D eigenvalue weighted by Crippen LogP contribution is 2.35. The Morgan fingerprint density at radius 2 is 2.00 bits per heavy atom. The van der Waals surface area contributed by atoms with E-state index in [1.807, 2.05) is 0 Å². The smallest absolute Gasteiger partial charge is 0.159 e. The number of allylic oxidation sites excluding steroid dienone is 1. The zero-order valence-corrected chi connectivity index (χ0v) is 9.29. The van der Waals surface area contributed by atoms with E-state index >= 15 is 0 Å². The van der Waals surface area contributed by atoms with E-state index < -0.39 is 0 Å². The molecular formula is C13H13FO2. The molecular weight excluding hydrogens is 207 g/mol. The third-order valence-electron chi connectivity index (χ3n) is 2.80. The predicted octanol–water partition coefficient (Wildman–Crippen LogP) is 3.15. The van der Waals surface area contributed by atoms with Crippen molar-refractivity contribution in [1.29, 1.82) is 0 Å². The quantitative estimate of drug-likeness (QED) is 0.765. The number of benzene rings is 1. The third-order valence-corrected chi connectivity index (χ3v) is 2.80. The van der Waals surface area contributed by atoms with Crippen molar-refractivity contribution < 1.29 is 13.9 Å². The van der Waals surface area contributed by atoms with E-state index in [2.05, 4.69) is 0 Å². The zero-order valence-electron chi connectivity index (χ0n) is 9.29. The standard InChI is InChI=1S/C13H13FO2/c1-8(15)12-7-13(16-9(12)2)10-3-5-11(14)6-4-10/h3-6,13H,7H2,1-2H3. The van der Waals surface area contributed by atoms with E-state index in [1.165, 1.54) is 19.1 Å². The van der Waals surface area contributed by atoms with Crippen LogP contribution in [0.3, 0.4) is 0 Å². The van der Waals surface area contributed by atoms with Gasteiger partial charge in [-0.2, -0.15) is 0 Å². The van der Waals surface area contributed by atoms with Gasteiger partial charge in [-0.25, -0.2) is 4.39 Å². The molecule has 0 N–H and O–H groups in total. The molecule has 1 heterocycles. The number of hydrogen-bond donors (Lipinski definition) is 0. The van der Waals surface area contributed by atoms with Crippen molar-refractivity contribution in [1.82, 2.24) is 0 Å². The minimum Gasteiger partial charge on any atom is -0.490 e. The molecule has 2 rings (SSSR count). The molecule has 1 aromatic rings. The number of Topliss-reactive ketones (excluding diaryl/α,β-unsaturated/α-hetero) is 1. The van der Waals surface area contributed by atoms with Crippen molar-refractivity contribution in [2.24, 2.45) is 0 Å². The topological polar surface area (TPSA) is 26.3 Å². The van der Waals surface area contributed by atoms with Crippen molar-refractivity contribution in [3.8, 4) is 0 Å². The number of hydrogen-bond acceptors (Lipinski definition) is 2. The highest BCUT2D eigenvalue weighted by molar-refractivity contribution is 5.94. The molecule has 1 unspecified atom stereocenters. The van der Waals surface area contributed by atoms with Gasteiger partial charge in [0.05, 0.1) is 0 Å². The Hall–Kier alpha value is -1.64. The van der Waals surface area contributed by atoms with Gasteiger partial charge in [-0.3, -0.25) is 4.79 Å². The molecule has 1 atom stereocenters. The van der Waals surface area contributed by atoms with Gasteiger partial charge in [0.25, 0.3) is 0 Å². The Labute approximate surface area is 93.7 Å². The van der Waals surface area contributed by atoms with Gasteiger partial charge in [0.2, 0.25) is 0 Å². The van der Waals surface area contributed by atoms with Crippen molar-refractivity contribution in [3.05, 3.63) is 47.0 Å². The lowest BCUT2D eigenvalue weighted by molar-refractivity contribution is -0.113. The molecule has 0 saturated heterocycles. The first kappa shape index (κ1) is 10.9. The molecule has 1 aliphatic heterocycles. The summed E-state index contributed by atoms with van der Waals surface area (Å²) >= 11 is 0. The molecule has 0 fully saturated rings. The van der Waals surface area contributed by atoms with Crippen LogP contribution in [0.15, 0.2) is 35.6 Å². The van der Waals surface area contributed by atoms with E-state index in [4.69, 9.17) is 4.74 Å². The normalized spacial score (nSPS) is 19.8. The van der Waals surface area contributed by atoms with Gasteiger partial charge in [0.15, 0.2) is 5.78 Å². The minimum atomic E-state index is -0.266.